The predicted octanol–water partition coefficient (Wildman–Crippen LogP) is 1.42. The molecule has 0 fully saturated rings. The molecular formula is C11H13N5O4. The zero-order chi connectivity index (χ0) is 14.7. The van der Waals surface area contributed by atoms with Crippen molar-refractivity contribution in [3.63, 3.8) is 0 Å². The van der Waals surface area contributed by atoms with Crippen LogP contribution in [0.25, 0.3) is 0 Å². The van der Waals surface area contributed by atoms with E-state index in [2.05, 4.69) is 15.6 Å². The molecule has 0 bridgehead atoms. The van der Waals surface area contributed by atoms with Gasteiger partial charge in [0, 0.05) is 19.0 Å². The first-order valence-electron chi connectivity index (χ1n) is 5.87. The van der Waals surface area contributed by atoms with Gasteiger partial charge in [-0.3, -0.25) is 19.6 Å². The zero-order valence-corrected chi connectivity index (χ0v) is 11.0. The van der Waals surface area contributed by atoms with E-state index >= 15 is 0 Å². The average molecular weight is 279 g/mol. The van der Waals surface area contributed by atoms with E-state index in [9.17, 15) is 14.9 Å². The normalized spacial score (nSPS) is 10.5. The van der Waals surface area contributed by atoms with E-state index in [4.69, 9.17) is 4.52 Å². The van der Waals surface area contributed by atoms with Crippen molar-refractivity contribution in [2.45, 2.75) is 26.8 Å². The van der Waals surface area contributed by atoms with Gasteiger partial charge in [0.15, 0.2) is 5.82 Å². The quantitative estimate of drug-likeness (QED) is 0.653. The van der Waals surface area contributed by atoms with Crippen LogP contribution in [0.15, 0.2) is 16.8 Å². The second-order valence-corrected chi connectivity index (χ2v) is 4.24. The highest BCUT2D eigenvalue weighted by Crippen LogP contribution is 2.15. The van der Waals surface area contributed by atoms with Crippen molar-refractivity contribution < 1.29 is 14.2 Å². The van der Waals surface area contributed by atoms with Crippen LogP contribution < -0.4 is 5.32 Å². The zero-order valence-electron chi connectivity index (χ0n) is 11.0. The van der Waals surface area contributed by atoms with Crippen molar-refractivity contribution in [3.8, 4) is 0 Å². The first-order chi connectivity index (χ1) is 9.45. The summed E-state index contributed by atoms with van der Waals surface area (Å²) in [7, 11) is 0. The van der Waals surface area contributed by atoms with Crippen LogP contribution in [-0.2, 0) is 11.3 Å². The van der Waals surface area contributed by atoms with E-state index in [0.717, 1.165) is 0 Å². The summed E-state index contributed by atoms with van der Waals surface area (Å²) in [5.74, 6) is 0.669. The summed E-state index contributed by atoms with van der Waals surface area (Å²) in [6, 6.07) is 1.60. The second-order valence-electron chi connectivity index (χ2n) is 4.24. The maximum Gasteiger partial charge on any atom is 0.309 e. The van der Waals surface area contributed by atoms with Gasteiger partial charge in [-0.1, -0.05) is 5.16 Å². The highest BCUT2D eigenvalue weighted by Gasteiger charge is 2.15. The largest absolute Gasteiger partial charge is 0.360 e. The molecule has 20 heavy (non-hydrogen) atoms. The average Bonchev–Trinajstić information content (AvgIpc) is 2.93. The number of carbonyl (C=O) groups excluding carboxylic acids is 1. The van der Waals surface area contributed by atoms with Crippen molar-refractivity contribution >= 4 is 17.4 Å². The highest BCUT2D eigenvalue weighted by atomic mass is 16.6. The Hall–Kier alpha value is -2.71. The Kier molecular flexibility index (Phi) is 3.78. The van der Waals surface area contributed by atoms with Crippen LogP contribution in [0, 0.1) is 24.0 Å². The summed E-state index contributed by atoms with van der Waals surface area (Å²) in [6.45, 7) is 3.51. The van der Waals surface area contributed by atoms with E-state index in [1.807, 2.05) is 0 Å². The van der Waals surface area contributed by atoms with Gasteiger partial charge < -0.3 is 9.84 Å². The van der Waals surface area contributed by atoms with E-state index in [0.29, 0.717) is 17.3 Å². The number of nitrogens with one attached hydrogen (secondary N) is 1. The molecule has 0 aliphatic carbocycles. The lowest BCUT2D eigenvalue weighted by atomic mass is 10.4. The van der Waals surface area contributed by atoms with Gasteiger partial charge in [-0.05, 0) is 13.8 Å². The van der Waals surface area contributed by atoms with E-state index in [1.54, 1.807) is 19.9 Å². The fourth-order valence-electron chi connectivity index (χ4n) is 1.65. The third-order valence-corrected chi connectivity index (χ3v) is 2.58. The lowest BCUT2D eigenvalue weighted by molar-refractivity contribution is -0.385. The van der Waals surface area contributed by atoms with Gasteiger partial charge >= 0.3 is 5.69 Å². The summed E-state index contributed by atoms with van der Waals surface area (Å²) in [5.41, 5.74) is 0.264. The Balaban J connectivity index is 1.90. The van der Waals surface area contributed by atoms with Crippen LogP contribution in [0.5, 0.6) is 0 Å². The van der Waals surface area contributed by atoms with E-state index < -0.39 is 4.92 Å². The molecule has 2 rings (SSSR count). The minimum Gasteiger partial charge on any atom is -0.360 e. The van der Waals surface area contributed by atoms with Crippen LogP contribution in [0.4, 0.5) is 11.5 Å². The standard InChI is InChI=1S/C11H13N5O4/c1-7-5-10(14-20-7)12-11(17)3-4-15-6-9(16(18)19)8(2)13-15/h5-6H,3-4H2,1-2H3,(H,12,14,17). The number of aromatic nitrogens is 3. The smallest absolute Gasteiger partial charge is 0.309 e. The number of hydrogen-bond acceptors (Lipinski definition) is 6. The molecule has 106 valence electrons. The monoisotopic (exact) mass is 279 g/mol. The molecule has 0 spiro atoms. The number of nitro groups is 1. The molecule has 0 aromatic carbocycles. The highest BCUT2D eigenvalue weighted by molar-refractivity contribution is 5.89. The first-order valence-corrected chi connectivity index (χ1v) is 5.87. The van der Waals surface area contributed by atoms with Crippen LogP contribution in [-0.4, -0.2) is 25.8 Å². The van der Waals surface area contributed by atoms with Crippen LogP contribution in [0.3, 0.4) is 0 Å². The molecule has 0 aliphatic rings. The number of aryl methyl sites for hydroxylation is 3. The maximum atomic E-state index is 11.7. The van der Waals surface area contributed by atoms with Crippen LogP contribution in [0.1, 0.15) is 17.9 Å². The van der Waals surface area contributed by atoms with Gasteiger partial charge in [0.2, 0.25) is 5.91 Å². The summed E-state index contributed by atoms with van der Waals surface area (Å²) in [4.78, 5) is 21.8. The molecule has 0 atom stereocenters. The second kappa shape index (κ2) is 5.51. The Morgan fingerprint density at radius 3 is 2.85 bits per heavy atom. The lowest BCUT2D eigenvalue weighted by Crippen LogP contribution is -2.14. The van der Waals surface area contributed by atoms with Gasteiger partial charge in [-0.2, -0.15) is 5.10 Å². The molecule has 1 N–H and O–H groups in total. The molecule has 0 saturated heterocycles. The number of anilines is 1. The molecule has 0 radical (unpaired) electrons. The molecule has 2 aromatic rings. The molecule has 0 unspecified atom stereocenters. The summed E-state index contributed by atoms with van der Waals surface area (Å²) in [6.07, 6.45) is 1.44. The topological polar surface area (TPSA) is 116 Å². The number of rotatable bonds is 5. The van der Waals surface area contributed by atoms with E-state index in [-0.39, 0.29) is 24.6 Å². The van der Waals surface area contributed by atoms with Crippen molar-refractivity contribution in [3.05, 3.63) is 33.8 Å². The minimum absolute atomic E-state index is 0.0578. The van der Waals surface area contributed by atoms with Crippen LogP contribution >= 0.6 is 0 Å². The fourth-order valence-corrected chi connectivity index (χ4v) is 1.65. The Bertz CT molecular complexity index is 645. The van der Waals surface area contributed by atoms with Crippen molar-refractivity contribution in [1.82, 2.24) is 14.9 Å². The molecule has 9 heteroatoms. The summed E-state index contributed by atoms with van der Waals surface area (Å²) in [5, 5.41) is 20.8. The maximum absolute atomic E-state index is 11.7. The number of hydrogen-bond donors (Lipinski definition) is 1. The molecule has 9 nitrogen and oxygen atoms in total. The van der Waals surface area contributed by atoms with Gasteiger partial charge in [0.05, 0.1) is 4.92 Å². The Labute approximate surface area is 113 Å². The van der Waals surface area contributed by atoms with Crippen molar-refractivity contribution in [2.75, 3.05) is 5.32 Å². The molecule has 1 amide bonds. The summed E-state index contributed by atoms with van der Waals surface area (Å²) >= 11 is 0. The van der Waals surface area contributed by atoms with Gasteiger partial charge in [-0.25, -0.2) is 0 Å². The summed E-state index contributed by atoms with van der Waals surface area (Å²) < 4.78 is 6.19. The molecule has 2 aromatic heterocycles. The molecular weight excluding hydrogens is 266 g/mol. The van der Waals surface area contributed by atoms with Crippen LogP contribution in [0.2, 0.25) is 0 Å². The minimum atomic E-state index is -0.503. The Morgan fingerprint density at radius 1 is 1.55 bits per heavy atom. The third kappa shape index (κ3) is 3.19. The van der Waals surface area contributed by atoms with E-state index in [1.165, 1.54) is 10.9 Å². The molecule has 0 aliphatic heterocycles. The Morgan fingerprint density at radius 2 is 2.30 bits per heavy atom. The SMILES string of the molecule is Cc1cc(NC(=O)CCn2cc([N+](=O)[O-])c(C)n2)no1. The predicted molar refractivity (Wildman–Crippen MR) is 68.1 cm³/mol. The third-order valence-electron chi connectivity index (χ3n) is 2.58. The first kappa shape index (κ1) is 13.7. The van der Waals surface area contributed by atoms with Gasteiger partial charge in [0.1, 0.15) is 17.7 Å². The van der Waals surface area contributed by atoms with Crippen molar-refractivity contribution in [2.24, 2.45) is 0 Å². The molecule has 2 heterocycles. The number of amides is 1. The van der Waals surface area contributed by atoms with Gasteiger partial charge in [-0.15, -0.1) is 0 Å². The molecule has 0 saturated carbocycles. The van der Waals surface area contributed by atoms with Gasteiger partial charge in [0.25, 0.3) is 0 Å². The van der Waals surface area contributed by atoms with Crippen molar-refractivity contribution in [1.29, 1.82) is 0 Å². The number of carbonyl (C=O) groups is 1. The lowest BCUT2D eigenvalue weighted by Gasteiger charge is -2.01. The fraction of sp³-hybridized carbons (Fsp3) is 0.364. The number of nitrogens with zero attached hydrogens (tertiary/aromatic N) is 4.